The Morgan fingerprint density at radius 2 is 1.00 bits per heavy atom. The monoisotopic (exact) mass is 377 g/mol. The van der Waals surface area contributed by atoms with Gasteiger partial charge >= 0.3 is 15.6 Å². The van der Waals surface area contributed by atoms with Gasteiger partial charge in [0.25, 0.3) is 0 Å². The highest BCUT2D eigenvalue weighted by atomic mass is 32.2. The molecule has 0 rings (SSSR count). The molecule has 0 heterocycles. The van der Waals surface area contributed by atoms with Crippen LogP contribution in [0.2, 0.25) is 0 Å². The van der Waals surface area contributed by atoms with E-state index in [1.165, 1.54) is 83.5 Å². The Morgan fingerprint density at radius 3 is 1.21 bits per heavy atom. The van der Waals surface area contributed by atoms with Gasteiger partial charge in [-0.25, -0.2) is 0 Å². The summed E-state index contributed by atoms with van der Waals surface area (Å²) in [5.41, 5.74) is -0.0758. The molecule has 0 aliphatic rings. The molecule has 0 radical (unpaired) electrons. The SMILES string of the molecule is CCCCCCCCCCCCCCCN.O=S(=O)(O)C(F)(F)F. The Hall–Kier alpha value is -0.340. The fourth-order valence-electron chi connectivity index (χ4n) is 2.16. The first-order chi connectivity index (χ1) is 11.2. The van der Waals surface area contributed by atoms with Crippen molar-refractivity contribution in [2.75, 3.05) is 6.54 Å². The van der Waals surface area contributed by atoms with E-state index in [2.05, 4.69) is 6.92 Å². The zero-order valence-electron chi connectivity index (χ0n) is 14.8. The van der Waals surface area contributed by atoms with Gasteiger partial charge in [-0.2, -0.15) is 21.6 Å². The molecule has 0 saturated carbocycles. The molecule has 4 nitrogen and oxygen atoms in total. The Labute approximate surface area is 145 Å². The number of hydrogen-bond donors (Lipinski definition) is 2. The molecule has 0 aliphatic carbocycles. The third-order valence-electron chi connectivity index (χ3n) is 3.60. The molecule has 148 valence electrons. The second-order valence-electron chi connectivity index (χ2n) is 5.95. The van der Waals surface area contributed by atoms with Crippen LogP contribution in [0, 0.1) is 0 Å². The highest BCUT2D eigenvalue weighted by molar-refractivity contribution is 7.86. The van der Waals surface area contributed by atoms with Crippen molar-refractivity contribution in [3.63, 3.8) is 0 Å². The molecule has 0 aromatic carbocycles. The minimum atomic E-state index is -5.84. The number of rotatable bonds is 13. The summed E-state index contributed by atoms with van der Waals surface area (Å²) in [6, 6.07) is 0. The molecule has 0 saturated heterocycles. The lowest BCUT2D eigenvalue weighted by atomic mass is 10.0. The normalized spacial score (nSPS) is 11.9. The molecule has 0 aromatic rings. The lowest BCUT2D eigenvalue weighted by Crippen LogP contribution is -2.21. The summed E-state index contributed by atoms with van der Waals surface area (Å²) >= 11 is 0. The van der Waals surface area contributed by atoms with Gasteiger partial charge in [-0.05, 0) is 13.0 Å². The van der Waals surface area contributed by atoms with E-state index in [0.29, 0.717) is 0 Å². The Balaban J connectivity index is 0. The van der Waals surface area contributed by atoms with E-state index in [9.17, 15) is 13.2 Å². The van der Waals surface area contributed by atoms with Crippen LogP contribution in [0.25, 0.3) is 0 Å². The zero-order chi connectivity index (χ0) is 18.9. The van der Waals surface area contributed by atoms with Gasteiger partial charge in [0, 0.05) is 0 Å². The van der Waals surface area contributed by atoms with E-state index < -0.39 is 15.6 Å². The molecule has 3 N–H and O–H groups in total. The molecular weight excluding hydrogens is 343 g/mol. The highest BCUT2D eigenvalue weighted by Gasteiger charge is 2.44. The third kappa shape index (κ3) is 19.7. The summed E-state index contributed by atoms with van der Waals surface area (Å²) in [7, 11) is -5.84. The van der Waals surface area contributed by atoms with Gasteiger partial charge in [-0.1, -0.05) is 84.0 Å². The molecule has 0 unspecified atom stereocenters. The van der Waals surface area contributed by atoms with Crippen molar-refractivity contribution in [1.29, 1.82) is 0 Å². The minimum Gasteiger partial charge on any atom is -0.330 e. The van der Waals surface area contributed by atoms with Gasteiger partial charge in [0.15, 0.2) is 0 Å². The fraction of sp³-hybridized carbons (Fsp3) is 1.00. The zero-order valence-corrected chi connectivity index (χ0v) is 15.6. The van der Waals surface area contributed by atoms with Crippen molar-refractivity contribution in [2.24, 2.45) is 5.73 Å². The average molecular weight is 378 g/mol. The second kappa shape index (κ2) is 16.1. The molecule has 0 aliphatic heterocycles. The van der Waals surface area contributed by atoms with Gasteiger partial charge < -0.3 is 5.73 Å². The molecule has 24 heavy (non-hydrogen) atoms. The molecule has 0 bridgehead atoms. The number of hydrogen-bond acceptors (Lipinski definition) is 3. The van der Waals surface area contributed by atoms with E-state index in [1.807, 2.05) is 0 Å². The van der Waals surface area contributed by atoms with Crippen LogP contribution in [0.15, 0.2) is 0 Å². The van der Waals surface area contributed by atoms with Crippen molar-refractivity contribution in [3.8, 4) is 0 Å². The summed E-state index contributed by atoms with van der Waals surface area (Å²) in [5, 5.41) is 0. The Kier molecular flexibility index (Phi) is 17.4. The summed E-state index contributed by atoms with van der Waals surface area (Å²) in [5.74, 6) is 0. The summed E-state index contributed by atoms with van der Waals surface area (Å²) in [6.45, 7) is 3.16. The van der Waals surface area contributed by atoms with Crippen LogP contribution in [0.4, 0.5) is 13.2 Å². The first-order valence-electron chi connectivity index (χ1n) is 8.90. The van der Waals surface area contributed by atoms with Crippen molar-refractivity contribution < 1.29 is 26.1 Å². The van der Waals surface area contributed by atoms with Crippen LogP contribution in [-0.2, 0) is 10.1 Å². The van der Waals surface area contributed by atoms with E-state index in [-0.39, 0.29) is 0 Å². The van der Waals surface area contributed by atoms with Gasteiger partial charge in [0.05, 0.1) is 0 Å². The summed E-state index contributed by atoms with van der Waals surface area (Å²) in [6.07, 6.45) is 18.4. The van der Waals surface area contributed by atoms with Gasteiger partial charge in [-0.15, -0.1) is 0 Å². The Morgan fingerprint density at radius 1 is 0.750 bits per heavy atom. The number of nitrogens with two attached hydrogens (primary N) is 1. The van der Waals surface area contributed by atoms with Crippen LogP contribution in [-0.4, -0.2) is 25.0 Å². The van der Waals surface area contributed by atoms with Gasteiger partial charge in [0.1, 0.15) is 0 Å². The van der Waals surface area contributed by atoms with Crippen LogP contribution < -0.4 is 5.73 Å². The topological polar surface area (TPSA) is 80.4 Å². The number of alkyl halides is 3. The van der Waals surface area contributed by atoms with Crippen LogP contribution in [0.3, 0.4) is 0 Å². The van der Waals surface area contributed by atoms with E-state index in [0.717, 1.165) is 6.54 Å². The minimum absolute atomic E-state index is 0.873. The van der Waals surface area contributed by atoms with Gasteiger partial charge in [-0.3, -0.25) is 4.55 Å². The first kappa shape index (κ1) is 25.9. The van der Waals surface area contributed by atoms with Crippen LogP contribution in [0.1, 0.15) is 90.4 Å². The Bertz CT molecular complexity index is 346. The molecule has 0 atom stereocenters. The van der Waals surface area contributed by atoms with Crippen LogP contribution >= 0.6 is 0 Å². The summed E-state index contributed by atoms with van der Waals surface area (Å²) in [4.78, 5) is 0. The molecule has 0 fully saturated rings. The number of halogens is 3. The molecule has 0 spiro atoms. The van der Waals surface area contributed by atoms with E-state index in [1.54, 1.807) is 0 Å². The maximum absolute atomic E-state index is 10.7. The van der Waals surface area contributed by atoms with Crippen molar-refractivity contribution >= 4 is 10.1 Å². The number of unbranched alkanes of at least 4 members (excludes halogenated alkanes) is 12. The van der Waals surface area contributed by atoms with E-state index >= 15 is 0 Å². The quantitative estimate of drug-likeness (QED) is 0.255. The van der Waals surface area contributed by atoms with Crippen LogP contribution in [0.5, 0.6) is 0 Å². The summed E-state index contributed by atoms with van der Waals surface area (Å²) < 4.78 is 57.5. The predicted octanol–water partition coefficient (Wildman–Crippen LogP) is 5.43. The first-order valence-corrected chi connectivity index (χ1v) is 10.3. The molecule has 0 amide bonds. The lowest BCUT2D eigenvalue weighted by Gasteiger charge is -2.02. The smallest absolute Gasteiger partial charge is 0.330 e. The maximum Gasteiger partial charge on any atom is 0.522 e. The van der Waals surface area contributed by atoms with E-state index in [4.69, 9.17) is 18.7 Å². The third-order valence-corrected chi connectivity index (χ3v) is 4.19. The average Bonchev–Trinajstić information content (AvgIpc) is 2.47. The van der Waals surface area contributed by atoms with Crippen molar-refractivity contribution in [2.45, 2.75) is 95.9 Å². The standard InChI is InChI=1S/C15H33N.CHF3O3S/c1-2-3-4-5-6-7-8-9-10-11-12-13-14-15-16;2-1(3,4)8(5,6)7/h2-16H2,1H3;(H,5,6,7). The molecule has 8 heteroatoms. The predicted molar refractivity (Wildman–Crippen MR) is 92.4 cm³/mol. The largest absolute Gasteiger partial charge is 0.522 e. The fourth-order valence-corrected chi connectivity index (χ4v) is 2.16. The highest BCUT2D eigenvalue weighted by Crippen LogP contribution is 2.20. The second-order valence-corrected chi connectivity index (χ2v) is 7.37. The maximum atomic E-state index is 10.7. The molecule has 0 aromatic heterocycles. The van der Waals surface area contributed by atoms with Crippen molar-refractivity contribution in [1.82, 2.24) is 0 Å². The van der Waals surface area contributed by atoms with Crippen molar-refractivity contribution in [3.05, 3.63) is 0 Å². The molecular formula is C16H34F3NO3S. The lowest BCUT2D eigenvalue weighted by molar-refractivity contribution is -0.0510. The van der Waals surface area contributed by atoms with Gasteiger partial charge in [0.2, 0.25) is 0 Å².